The molecular weight excluding hydrogens is 771 g/mol. The van der Waals surface area contributed by atoms with Crippen LogP contribution in [0.1, 0.15) is 138 Å². The molecule has 9 nitrogen and oxygen atoms in total. The van der Waals surface area contributed by atoms with Crippen molar-refractivity contribution < 1.29 is 27.8 Å². The van der Waals surface area contributed by atoms with Crippen LogP contribution in [-0.2, 0) is 37.3 Å². The van der Waals surface area contributed by atoms with Gasteiger partial charge in [0.05, 0.1) is 23.7 Å². The maximum atomic E-state index is 14.0. The first kappa shape index (κ1) is 47.2. The van der Waals surface area contributed by atoms with Gasteiger partial charge in [0, 0.05) is 24.2 Å². The number of nitrogens with zero attached hydrogens (tertiary/aromatic N) is 1. The number of aryl methyl sites for hydroxylation is 1. The first-order chi connectivity index (χ1) is 29.2. The number of nitrogens with one attached hydrogen (secondary N) is 2. The van der Waals surface area contributed by atoms with Crippen LogP contribution in [0.15, 0.2) is 108 Å². The molecule has 1 saturated heterocycles. The largest absolute Gasteiger partial charge is 0.392 e. The number of hydrogen-bond acceptors (Lipinski definition) is 7. The van der Waals surface area contributed by atoms with Crippen molar-refractivity contribution in [3.8, 4) is 0 Å². The highest BCUT2D eigenvalue weighted by molar-refractivity contribution is 7.89. The maximum absolute atomic E-state index is 14.0. The molecule has 4 atom stereocenters. The molecule has 1 amide bonds. The number of aliphatic hydroxyl groups is 1. The standard InChI is InChI=1S/C50H69N3O6S/c1-4-6-8-10-12-17-32-53(33-18-13-11-9-7-5-2)37-45-36-48(42-28-26-41(38-54)27-29-42)59-50(58-45)43-22-19-23-44(35-43)51-49(55)47(34-40-20-15-14-16-21-40)52-60(56,57)46-30-24-39(3)25-31-46/h14-16,19-31,35,45,47-48,50,52,54H,4-13,17-18,32-34,36-38H2,1-3H3,(H,51,55)/t45-,47-,48+,50+/m1/s1. The average Bonchev–Trinajstić information content (AvgIpc) is 3.26. The SMILES string of the molecule is CCCCCCCCN(CCCCCCCC)C[C@H]1C[C@@H](c2ccc(CO)cc2)O[C@@H](c2cccc(NC(=O)[C@@H](Cc3ccccc3)NS(=O)(=O)c3ccc(C)cc3)c2)O1. The number of ether oxygens (including phenoxy) is 2. The van der Waals surface area contributed by atoms with Gasteiger partial charge in [-0.3, -0.25) is 4.79 Å². The van der Waals surface area contributed by atoms with Gasteiger partial charge < -0.3 is 24.8 Å². The van der Waals surface area contributed by atoms with Crippen molar-refractivity contribution in [2.24, 2.45) is 0 Å². The lowest BCUT2D eigenvalue weighted by Crippen LogP contribution is -2.45. The Labute approximate surface area is 360 Å². The molecule has 1 aliphatic heterocycles. The van der Waals surface area contributed by atoms with Crippen LogP contribution in [0.2, 0.25) is 0 Å². The van der Waals surface area contributed by atoms with E-state index in [0.717, 1.165) is 47.5 Å². The predicted octanol–water partition coefficient (Wildman–Crippen LogP) is 10.6. The van der Waals surface area contributed by atoms with E-state index >= 15 is 0 Å². The van der Waals surface area contributed by atoms with E-state index in [2.05, 4.69) is 28.8 Å². The minimum Gasteiger partial charge on any atom is -0.392 e. The fraction of sp³-hybridized carbons (Fsp3) is 0.500. The van der Waals surface area contributed by atoms with E-state index < -0.39 is 28.3 Å². The molecule has 0 aromatic heterocycles. The molecule has 10 heteroatoms. The van der Waals surface area contributed by atoms with Gasteiger partial charge in [-0.1, -0.05) is 162 Å². The zero-order chi connectivity index (χ0) is 42.6. The third kappa shape index (κ3) is 15.5. The minimum absolute atomic E-state index is 0.0237. The van der Waals surface area contributed by atoms with Crippen molar-refractivity contribution in [2.75, 3.05) is 25.0 Å². The second kappa shape index (κ2) is 25.1. The van der Waals surface area contributed by atoms with E-state index in [1.54, 1.807) is 30.3 Å². The smallest absolute Gasteiger partial charge is 0.242 e. The molecule has 4 aromatic carbocycles. The van der Waals surface area contributed by atoms with E-state index in [-0.39, 0.29) is 30.1 Å². The molecule has 4 aromatic rings. The molecule has 60 heavy (non-hydrogen) atoms. The van der Waals surface area contributed by atoms with Crippen molar-refractivity contribution in [2.45, 2.75) is 147 Å². The number of amides is 1. The van der Waals surface area contributed by atoms with Gasteiger partial charge in [-0.2, -0.15) is 4.72 Å². The monoisotopic (exact) mass is 839 g/mol. The number of benzene rings is 4. The normalized spacial score (nSPS) is 17.4. The van der Waals surface area contributed by atoms with Crippen LogP contribution in [0.4, 0.5) is 5.69 Å². The highest BCUT2D eigenvalue weighted by Gasteiger charge is 2.34. The number of hydrogen-bond donors (Lipinski definition) is 3. The van der Waals surface area contributed by atoms with Crippen molar-refractivity contribution >= 4 is 21.6 Å². The van der Waals surface area contributed by atoms with Crippen LogP contribution in [-0.4, -0.2) is 56.1 Å². The van der Waals surface area contributed by atoms with Crippen LogP contribution < -0.4 is 10.0 Å². The summed E-state index contributed by atoms with van der Waals surface area (Å²) in [6.07, 6.45) is 14.9. The number of unbranched alkanes of at least 4 members (excludes halogenated alkanes) is 10. The Kier molecular flexibility index (Phi) is 19.8. The minimum atomic E-state index is -4.00. The van der Waals surface area contributed by atoms with Gasteiger partial charge in [0.25, 0.3) is 0 Å². The third-order valence-corrected chi connectivity index (χ3v) is 12.9. The zero-order valence-corrected chi connectivity index (χ0v) is 37.0. The number of anilines is 1. The van der Waals surface area contributed by atoms with Gasteiger partial charge in [0.2, 0.25) is 15.9 Å². The summed E-state index contributed by atoms with van der Waals surface area (Å²) in [6.45, 7) is 9.27. The summed E-state index contributed by atoms with van der Waals surface area (Å²) in [5.41, 5.74) is 4.90. The zero-order valence-electron chi connectivity index (χ0n) is 36.2. The maximum Gasteiger partial charge on any atom is 0.242 e. The van der Waals surface area contributed by atoms with Crippen molar-refractivity contribution in [3.63, 3.8) is 0 Å². The number of rotatable bonds is 26. The Morgan fingerprint density at radius 1 is 0.733 bits per heavy atom. The molecule has 0 unspecified atom stereocenters. The molecule has 1 heterocycles. The van der Waals surface area contributed by atoms with E-state index in [0.29, 0.717) is 12.1 Å². The van der Waals surface area contributed by atoms with Gasteiger partial charge in [-0.15, -0.1) is 0 Å². The van der Waals surface area contributed by atoms with Crippen molar-refractivity contribution in [1.82, 2.24) is 9.62 Å². The second-order valence-corrected chi connectivity index (χ2v) is 18.2. The van der Waals surface area contributed by atoms with Gasteiger partial charge in [0.15, 0.2) is 6.29 Å². The van der Waals surface area contributed by atoms with Crippen molar-refractivity contribution in [1.29, 1.82) is 0 Å². The Morgan fingerprint density at radius 3 is 2.00 bits per heavy atom. The summed E-state index contributed by atoms with van der Waals surface area (Å²) in [6, 6.07) is 30.3. The van der Waals surface area contributed by atoms with Gasteiger partial charge in [-0.05, 0) is 80.2 Å². The topological polar surface area (TPSA) is 117 Å². The van der Waals surface area contributed by atoms with Crippen LogP contribution in [0.5, 0.6) is 0 Å². The van der Waals surface area contributed by atoms with Crippen LogP contribution in [0, 0.1) is 6.92 Å². The van der Waals surface area contributed by atoms with Gasteiger partial charge in [0.1, 0.15) is 6.04 Å². The van der Waals surface area contributed by atoms with Crippen LogP contribution in [0.25, 0.3) is 0 Å². The molecule has 0 saturated carbocycles. The van der Waals surface area contributed by atoms with E-state index in [1.807, 2.05) is 79.7 Å². The molecule has 0 bridgehead atoms. The van der Waals surface area contributed by atoms with E-state index in [4.69, 9.17) is 9.47 Å². The molecule has 0 radical (unpaired) electrons. The summed E-state index contributed by atoms with van der Waals surface area (Å²) in [7, 11) is -4.00. The first-order valence-electron chi connectivity index (χ1n) is 22.4. The molecule has 1 fully saturated rings. The van der Waals surface area contributed by atoms with E-state index in [1.165, 1.54) is 77.0 Å². The molecule has 1 aliphatic rings. The number of carbonyl (C=O) groups is 1. The lowest BCUT2D eigenvalue weighted by molar-refractivity contribution is -0.253. The average molecular weight is 840 g/mol. The molecule has 5 rings (SSSR count). The van der Waals surface area contributed by atoms with Crippen LogP contribution >= 0.6 is 0 Å². The Morgan fingerprint density at radius 2 is 1.37 bits per heavy atom. The first-order valence-corrected chi connectivity index (χ1v) is 23.9. The van der Waals surface area contributed by atoms with Crippen molar-refractivity contribution in [3.05, 3.63) is 131 Å². The molecular formula is C50H69N3O6S. The molecule has 0 spiro atoms. The van der Waals surface area contributed by atoms with E-state index in [9.17, 15) is 18.3 Å². The quantitative estimate of drug-likeness (QED) is 0.0539. The summed E-state index contributed by atoms with van der Waals surface area (Å²) < 4.78 is 43.3. The second-order valence-electron chi connectivity index (χ2n) is 16.5. The summed E-state index contributed by atoms with van der Waals surface area (Å²) >= 11 is 0. The highest BCUT2D eigenvalue weighted by atomic mass is 32.2. The van der Waals surface area contributed by atoms with Gasteiger partial charge >= 0.3 is 0 Å². The predicted molar refractivity (Wildman–Crippen MR) is 242 cm³/mol. The Hall–Kier alpha value is -3.90. The highest BCUT2D eigenvalue weighted by Crippen LogP contribution is 2.39. The lowest BCUT2D eigenvalue weighted by atomic mass is 9.99. The van der Waals surface area contributed by atoms with Crippen LogP contribution in [0.3, 0.4) is 0 Å². The fourth-order valence-electron chi connectivity index (χ4n) is 7.85. The Balaban J connectivity index is 1.34. The summed E-state index contributed by atoms with van der Waals surface area (Å²) in [5, 5.41) is 12.7. The molecule has 0 aliphatic carbocycles. The fourth-order valence-corrected chi connectivity index (χ4v) is 9.05. The van der Waals surface area contributed by atoms with Gasteiger partial charge in [-0.25, -0.2) is 8.42 Å². The molecule has 3 N–H and O–H groups in total. The number of sulfonamides is 1. The third-order valence-electron chi connectivity index (χ3n) is 11.4. The summed E-state index contributed by atoms with van der Waals surface area (Å²) in [5.74, 6) is -0.475. The number of carbonyl (C=O) groups excluding carboxylic acids is 1. The Bertz CT molecular complexity index is 1930. The summed E-state index contributed by atoms with van der Waals surface area (Å²) in [4.78, 5) is 16.7. The lowest BCUT2D eigenvalue weighted by Gasteiger charge is -2.38. The number of aliphatic hydroxyl groups excluding tert-OH is 1. The molecule has 326 valence electrons.